The first-order valence-electron chi connectivity index (χ1n) is 11.5. The zero-order valence-electron chi connectivity index (χ0n) is 17.5. The van der Waals surface area contributed by atoms with Gasteiger partial charge in [-0.25, -0.2) is 0 Å². The van der Waals surface area contributed by atoms with E-state index in [0.717, 1.165) is 37.5 Å². The van der Waals surface area contributed by atoms with Crippen molar-refractivity contribution in [2.75, 3.05) is 0 Å². The van der Waals surface area contributed by atoms with Crippen LogP contribution in [-0.4, -0.2) is 22.4 Å². The van der Waals surface area contributed by atoms with Crippen LogP contribution in [0.5, 0.6) is 0 Å². The summed E-state index contributed by atoms with van der Waals surface area (Å²) < 4.78 is 0. The van der Waals surface area contributed by atoms with Crippen LogP contribution < -0.4 is 0 Å². The van der Waals surface area contributed by atoms with Crippen molar-refractivity contribution in [2.24, 2.45) is 34.5 Å². The lowest BCUT2D eigenvalue weighted by Crippen LogP contribution is -2.54. The lowest BCUT2D eigenvalue weighted by Gasteiger charge is -2.60. The molecule has 1 aromatic carbocycles. The Bertz CT molecular complexity index is 755. The van der Waals surface area contributed by atoms with Crippen LogP contribution in [0.3, 0.4) is 0 Å². The van der Waals surface area contributed by atoms with Crippen LogP contribution in [0, 0.1) is 34.5 Å². The van der Waals surface area contributed by atoms with E-state index in [-0.39, 0.29) is 17.6 Å². The predicted molar refractivity (Wildman–Crippen MR) is 114 cm³/mol. The molecule has 0 amide bonds. The van der Waals surface area contributed by atoms with Crippen LogP contribution in [0.15, 0.2) is 35.9 Å². The minimum absolute atomic E-state index is 0.0408. The highest BCUT2D eigenvalue weighted by Gasteiger charge is 2.61. The fourth-order valence-electron chi connectivity index (χ4n) is 8.00. The Morgan fingerprint density at radius 3 is 2.43 bits per heavy atom. The van der Waals surface area contributed by atoms with E-state index in [1.807, 2.05) is 0 Å². The molecular formula is C26H36O2. The molecule has 0 radical (unpaired) electrons. The fourth-order valence-corrected chi connectivity index (χ4v) is 8.00. The number of aliphatic hydroxyl groups excluding tert-OH is 2. The molecule has 28 heavy (non-hydrogen) atoms. The van der Waals surface area contributed by atoms with E-state index in [4.69, 9.17) is 0 Å². The quantitative estimate of drug-likeness (QED) is 0.680. The molecule has 0 heterocycles. The monoisotopic (exact) mass is 380 g/mol. The van der Waals surface area contributed by atoms with Gasteiger partial charge in [-0.15, -0.1) is 0 Å². The lowest BCUT2D eigenvalue weighted by atomic mass is 9.45. The Labute approximate surface area is 170 Å². The number of hydrogen-bond acceptors (Lipinski definition) is 2. The van der Waals surface area contributed by atoms with Gasteiger partial charge in [-0.3, -0.25) is 0 Å². The van der Waals surface area contributed by atoms with Gasteiger partial charge in [0.05, 0.1) is 12.2 Å². The Hall–Kier alpha value is -1.12. The van der Waals surface area contributed by atoms with E-state index < -0.39 is 0 Å². The molecule has 0 aromatic heterocycles. The van der Waals surface area contributed by atoms with Gasteiger partial charge < -0.3 is 10.2 Å². The first-order valence-corrected chi connectivity index (χ1v) is 11.5. The second-order valence-corrected chi connectivity index (χ2v) is 10.9. The maximum atomic E-state index is 11.3. The smallest absolute Gasteiger partial charge is 0.0809 e. The van der Waals surface area contributed by atoms with Gasteiger partial charge in [0, 0.05) is 5.41 Å². The van der Waals surface area contributed by atoms with Gasteiger partial charge in [0.25, 0.3) is 0 Å². The molecule has 4 aliphatic rings. The van der Waals surface area contributed by atoms with E-state index in [0.29, 0.717) is 17.3 Å². The van der Waals surface area contributed by atoms with Crippen molar-refractivity contribution in [3.8, 4) is 0 Å². The van der Waals surface area contributed by atoms with E-state index in [9.17, 15) is 10.2 Å². The molecule has 2 N–H and O–H groups in total. The number of hydrogen-bond donors (Lipinski definition) is 2. The Morgan fingerprint density at radius 2 is 1.64 bits per heavy atom. The third-order valence-electron chi connectivity index (χ3n) is 9.66. The van der Waals surface area contributed by atoms with Crippen molar-refractivity contribution in [2.45, 2.75) is 77.4 Å². The zero-order valence-corrected chi connectivity index (χ0v) is 17.5. The highest BCUT2D eigenvalue weighted by molar-refractivity contribution is 5.55. The molecular weight excluding hydrogens is 344 g/mol. The van der Waals surface area contributed by atoms with E-state index >= 15 is 0 Å². The molecule has 8 atom stereocenters. The molecule has 2 heteroatoms. The van der Waals surface area contributed by atoms with Gasteiger partial charge in [-0.1, -0.05) is 50.3 Å². The summed E-state index contributed by atoms with van der Waals surface area (Å²) in [7, 11) is 0. The van der Waals surface area contributed by atoms with Crippen molar-refractivity contribution in [1.82, 2.24) is 0 Å². The van der Waals surface area contributed by atoms with Gasteiger partial charge >= 0.3 is 0 Å². The van der Waals surface area contributed by atoms with Crippen molar-refractivity contribution in [1.29, 1.82) is 0 Å². The Balaban J connectivity index is 1.44. The van der Waals surface area contributed by atoms with Crippen molar-refractivity contribution in [3.05, 3.63) is 41.5 Å². The van der Waals surface area contributed by atoms with Gasteiger partial charge in [0.2, 0.25) is 0 Å². The number of fused-ring (bicyclic) bond motifs is 5. The molecule has 5 rings (SSSR count). The maximum absolute atomic E-state index is 11.3. The maximum Gasteiger partial charge on any atom is 0.0809 e. The summed E-state index contributed by atoms with van der Waals surface area (Å²) in [6.45, 7) is 4.90. The molecule has 0 bridgehead atoms. The third kappa shape index (κ3) is 2.75. The minimum atomic E-state index is -0.294. The van der Waals surface area contributed by atoms with Gasteiger partial charge in [-0.05, 0) is 91.6 Å². The fraction of sp³-hybridized carbons (Fsp3) is 0.692. The van der Waals surface area contributed by atoms with Crippen molar-refractivity contribution >= 4 is 6.08 Å². The number of rotatable bonds is 1. The molecule has 4 aliphatic carbocycles. The van der Waals surface area contributed by atoms with Gasteiger partial charge in [0.1, 0.15) is 0 Å². The Kier molecular flexibility index (Phi) is 4.52. The summed E-state index contributed by atoms with van der Waals surface area (Å²) in [6.07, 6.45) is 11.1. The molecule has 1 aromatic rings. The summed E-state index contributed by atoms with van der Waals surface area (Å²) >= 11 is 0. The summed E-state index contributed by atoms with van der Waals surface area (Å²) in [5.74, 6) is 2.83. The second kappa shape index (κ2) is 6.71. The first kappa shape index (κ1) is 18.9. The average molecular weight is 381 g/mol. The average Bonchev–Trinajstić information content (AvgIpc) is 2.94. The topological polar surface area (TPSA) is 40.5 Å². The predicted octanol–water partition coefficient (Wildman–Crippen LogP) is 5.44. The van der Waals surface area contributed by atoms with Gasteiger partial charge in [0.15, 0.2) is 0 Å². The zero-order chi connectivity index (χ0) is 19.5. The van der Waals surface area contributed by atoms with Crippen LogP contribution >= 0.6 is 0 Å². The van der Waals surface area contributed by atoms with Crippen LogP contribution in [0.25, 0.3) is 6.08 Å². The first-order chi connectivity index (χ1) is 13.4. The summed E-state index contributed by atoms with van der Waals surface area (Å²) in [4.78, 5) is 0. The normalized spacial score (nSPS) is 49.4. The van der Waals surface area contributed by atoms with E-state index in [2.05, 4.69) is 50.3 Å². The van der Waals surface area contributed by atoms with Crippen molar-refractivity contribution in [3.63, 3.8) is 0 Å². The molecule has 0 saturated heterocycles. The largest absolute Gasteiger partial charge is 0.393 e. The molecule has 2 nitrogen and oxygen atoms in total. The summed E-state index contributed by atoms with van der Waals surface area (Å²) in [5, 5.41) is 21.5. The summed E-state index contributed by atoms with van der Waals surface area (Å²) in [6, 6.07) is 10.5. The standard InChI is InChI=1S/C26H36O2/c1-25-12-10-20(27)16-19(25)8-9-21-22(25)11-13-26(2)23(21)15-18(24(26)28)14-17-6-4-3-5-7-17/h3-7,14,19-24,27-28H,8-13,15-16H2,1-2H3/b18-14-/t19-,20-,21-,22+,23+,24?,25+,26+/m0/s1. The molecule has 0 aliphatic heterocycles. The number of benzene rings is 1. The Morgan fingerprint density at radius 1 is 0.893 bits per heavy atom. The molecule has 152 valence electrons. The highest BCUT2D eigenvalue weighted by atomic mass is 16.3. The highest BCUT2D eigenvalue weighted by Crippen LogP contribution is 2.67. The van der Waals surface area contributed by atoms with Gasteiger partial charge in [-0.2, -0.15) is 0 Å². The SMILES string of the molecule is C[C@@]12CC[C@H](O)C[C@@H]1CC[C@H]1[C@H]2CC[C@@]2(C)C(O)/C(=C\c3ccccc3)C[C@H]12. The van der Waals surface area contributed by atoms with Crippen LogP contribution in [0.2, 0.25) is 0 Å². The van der Waals surface area contributed by atoms with Crippen LogP contribution in [0.4, 0.5) is 0 Å². The van der Waals surface area contributed by atoms with E-state index in [1.54, 1.807) is 0 Å². The van der Waals surface area contributed by atoms with E-state index in [1.165, 1.54) is 36.8 Å². The molecule has 1 unspecified atom stereocenters. The summed E-state index contributed by atoms with van der Waals surface area (Å²) in [5.41, 5.74) is 2.91. The van der Waals surface area contributed by atoms with Crippen LogP contribution in [-0.2, 0) is 0 Å². The molecule has 0 spiro atoms. The number of aliphatic hydroxyl groups is 2. The lowest BCUT2D eigenvalue weighted by molar-refractivity contribution is -0.133. The second-order valence-electron chi connectivity index (χ2n) is 10.9. The third-order valence-corrected chi connectivity index (χ3v) is 9.66. The molecule has 4 fully saturated rings. The molecule has 4 saturated carbocycles. The minimum Gasteiger partial charge on any atom is -0.393 e. The van der Waals surface area contributed by atoms with Crippen molar-refractivity contribution < 1.29 is 10.2 Å². The van der Waals surface area contributed by atoms with Crippen LogP contribution in [0.1, 0.15) is 70.8 Å².